The molecule has 2 aromatic rings. The lowest BCUT2D eigenvalue weighted by Crippen LogP contribution is -2.54. The third-order valence-corrected chi connectivity index (χ3v) is 6.27. The van der Waals surface area contributed by atoms with E-state index < -0.39 is 33.4 Å². The van der Waals surface area contributed by atoms with Crippen molar-refractivity contribution in [2.45, 2.75) is 9.75 Å². The topological polar surface area (TPSA) is 165 Å². The van der Waals surface area contributed by atoms with E-state index in [-0.39, 0.29) is 21.5 Å². The number of aromatic nitrogens is 2. The second-order valence-corrected chi connectivity index (χ2v) is 8.39. The molecule has 138 valence electrons. The van der Waals surface area contributed by atoms with E-state index in [1.807, 2.05) is 0 Å². The van der Waals surface area contributed by atoms with Crippen LogP contribution in [0.1, 0.15) is 15.5 Å². The summed E-state index contributed by atoms with van der Waals surface area (Å²) >= 11 is 0.698. The molecule has 1 saturated heterocycles. The first-order chi connectivity index (χ1) is 12.1. The summed E-state index contributed by atoms with van der Waals surface area (Å²) in [5.41, 5.74) is -1.58. The van der Waals surface area contributed by atoms with Crippen molar-refractivity contribution in [2.75, 3.05) is 6.54 Å². The Morgan fingerprint density at radius 2 is 2.15 bits per heavy atom. The third kappa shape index (κ3) is 3.07. The molecule has 0 aromatic carbocycles. The van der Waals surface area contributed by atoms with Crippen LogP contribution in [0.5, 0.6) is 0 Å². The summed E-state index contributed by atoms with van der Waals surface area (Å²) in [6.45, 7) is -0.281. The first-order valence-corrected chi connectivity index (χ1v) is 9.52. The Morgan fingerprint density at radius 1 is 1.42 bits per heavy atom. The highest BCUT2D eigenvalue weighted by Gasteiger charge is 2.50. The van der Waals surface area contributed by atoms with E-state index in [0.717, 1.165) is 0 Å². The fourth-order valence-electron chi connectivity index (χ4n) is 2.52. The average Bonchev–Trinajstić information content (AvgIpc) is 3.24. The fraction of sp³-hybridized carbons (Fsp3) is 0.231. The molecule has 2 aromatic heterocycles. The Bertz CT molecular complexity index is 1010. The van der Waals surface area contributed by atoms with Crippen LogP contribution >= 0.6 is 11.3 Å². The summed E-state index contributed by atoms with van der Waals surface area (Å²) in [6.07, 6.45) is 3.04. The van der Waals surface area contributed by atoms with E-state index in [9.17, 15) is 22.8 Å². The Hall–Kier alpha value is -2.77. The van der Waals surface area contributed by atoms with Crippen molar-refractivity contribution in [3.05, 3.63) is 35.2 Å². The minimum atomic E-state index is -3.91. The van der Waals surface area contributed by atoms with Crippen molar-refractivity contribution in [3.63, 3.8) is 0 Å². The predicted octanol–water partition coefficient (Wildman–Crippen LogP) is -1.41. The highest BCUT2D eigenvalue weighted by Crippen LogP contribution is 2.24. The molecular formula is C13H14N6O5S2. The number of aryl methyl sites for hydroxylation is 1. The molecule has 1 aliphatic heterocycles. The van der Waals surface area contributed by atoms with Crippen LogP contribution in [0, 0.1) is 0 Å². The number of urea groups is 1. The van der Waals surface area contributed by atoms with Gasteiger partial charge in [-0.05, 0) is 12.1 Å². The minimum absolute atomic E-state index is 0.0914. The number of imide groups is 1. The summed E-state index contributed by atoms with van der Waals surface area (Å²) in [4.78, 5) is 40.5. The number of hydrogen-bond acceptors (Lipinski definition) is 7. The van der Waals surface area contributed by atoms with Crippen molar-refractivity contribution in [3.8, 4) is 0 Å². The van der Waals surface area contributed by atoms with Crippen molar-refractivity contribution in [1.29, 1.82) is 0 Å². The number of rotatable bonds is 5. The maximum atomic E-state index is 12.3. The number of carbonyl (C=O) groups excluding carboxylic acids is 3. The molecular weight excluding hydrogens is 384 g/mol. The number of sulfonamides is 1. The highest BCUT2D eigenvalue weighted by molar-refractivity contribution is 7.91. The molecule has 11 nitrogen and oxygen atoms in total. The second-order valence-electron chi connectivity index (χ2n) is 5.52. The summed E-state index contributed by atoms with van der Waals surface area (Å²) in [7, 11) is -2.27. The number of carbonyl (C=O) groups is 3. The van der Waals surface area contributed by atoms with E-state index >= 15 is 0 Å². The Morgan fingerprint density at radius 3 is 2.65 bits per heavy atom. The van der Waals surface area contributed by atoms with Gasteiger partial charge < -0.3 is 15.2 Å². The largest absolute Gasteiger partial charge is 0.348 e. The quantitative estimate of drug-likeness (QED) is 0.452. The highest BCUT2D eigenvalue weighted by atomic mass is 32.2. The smallest absolute Gasteiger partial charge is 0.322 e. The van der Waals surface area contributed by atoms with Gasteiger partial charge in [0.05, 0.1) is 11.4 Å². The predicted molar refractivity (Wildman–Crippen MR) is 89.6 cm³/mol. The van der Waals surface area contributed by atoms with Crippen LogP contribution < -0.4 is 21.1 Å². The zero-order valence-electron chi connectivity index (χ0n) is 13.3. The lowest BCUT2D eigenvalue weighted by atomic mass is 9.98. The summed E-state index contributed by atoms with van der Waals surface area (Å²) < 4.78 is 24.0. The van der Waals surface area contributed by atoms with Crippen LogP contribution in [0.4, 0.5) is 4.79 Å². The molecule has 4 amide bonds. The van der Waals surface area contributed by atoms with E-state index in [2.05, 4.69) is 20.9 Å². The number of primary sulfonamides is 1. The number of nitrogens with one attached hydrogen (secondary N) is 3. The molecule has 1 fully saturated rings. The standard InChI is InChI=1S/C13H14N6O5S2/c1-19-5-4-15-10(19)13(11(21)17-12(22)18-13)6-16-9(20)7-2-3-8(25-7)26(14,23)24/h2-5H,6H2,1H3,(H,16,20)(H2,14,23,24)(H2,17,18,21,22). The van der Waals surface area contributed by atoms with Gasteiger partial charge >= 0.3 is 6.03 Å². The van der Waals surface area contributed by atoms with Crippen molar-refractivity contribution >= 4 is 39.2 Å². The Labute approximate surface area is 151 Å². The molecule has 1 atom stereocenters. The van der Waals surface area contributed by atoms with Gasteiger partial charge in [-0.25, -0.2) is 23.3 Å². The third-order valence-electron chi connectivity index (χ3n) is 3.74. The second kappa shape index (κ2) is 6.19. The van der Waals surface area contributed by atoms with Crippen molar-refractivity contribution in [2.24, 2.45) is 12.2 Å². The maximum Gasteiger partial charge on any atom is 0.322 e. The normalized spacial score (nSPS) is 19.9. The van der Waals surface area contributed by atoms with E-state index in [4.69, 9.17) is 5.14 Å². The van der Waals surface area contributed by atoms with E-state index in [1.165, 1.54) is 18.3 Å². The van der Waals surface area contributed by atoms with Gasteiger partial charge in [-0.3, -0.25) is 14.9 Å². The van der Waals surface area contributed by atoms with Gasteiger partial charge in [0.1, 0.15) is 10.0 Å². The van der Waals surface area contributed by atoms with Gasteiger partial charge in [-0.2, -0.15) is 0 Å². The fourth-order valence-corrected chi connectivity index (χ4v) is 4.17. The van der Waals surface area contributed by atoms with Crippen LogP contribution in [0.2, 0.25) is 0 Å². The lowest BCUT2D eigenvalue weighted by Gasteiger charge is -2.25. The molecule has 0 aliphatic carbocycles. The van der Waals surface area contributed by atoms with Gasteiger partial charge in [0, 0.05) is 19.4 Å². The van der Waals surface area contributed by atoms with Crippen LogP contribution in [0.15, 0.2) is 28.7 Å². The average molecular weight is 398 g/mol. The van der Waals surface area contributed by atoms with Crippen LogP contribution in [0.25, 0.3) is 0 Å². The van der Waals surface area contributed by atoms with E-state index in [1.54, 1.807) is 17.8 Å². The molecule has 0 spiro atoms. The lowest BCUT2D eigenvalue weighted by molar-refractivity contribution is -0.124. The van der Waals surface area contributed by atoms with Gasteiger partial charge in [0.25, 0.3) is 11.8 Å². The monoisotopic (exact) mass is 398 g/mol. The summed E-state index contributed by atoms with van der Waals surface area (Å²) in [5.74, 6) is -1.04. The van der Waals surface area contributed by atoms with Gasteiger partial charge in [0.2, 0.25) is 10.0 Å². The van der Waals surface area contributed by atoms with Gasteiger partial charge in [-0.15, -0.1) is 11.3 Å². The van der Waals surface area contributed by atoms with Crippen LogP contribution in [-0.2, 0) is 27.4 Å². The molecule has 3 rings (SSSR count). The Kier molecular flexibility index (Phi) is 4.29. The number of thiophene rings is 1. The number of nitrogens with two attached hydrogens (primary N) is 1. The first kappa shape index (κ1) is 18.0. The number of amides is 4. The molecule has 1 unspecified atom stereocenters. The van der Waals surface area contributed by atoms with E-state index in [0.29, 0.717) is 11.3 Å². The van der Waals surface area contributed by atoms with Crippen LogP contribution in [-0.4, -0.2) is 42.4 Å². The minimum Gasteiger partial charge on any atom is -0.348 e. The van der Waals surface area contributed by atoms with Gasteiger partial charge in [-0.1, -0.05) is 0 Å². The SMILES string of the molecule is Cn1ccnc1C1(CNC(=O)c2ccc(S(N)(=O)=O)s2)NC(=O)NC1=O. The molecule has 0 saturated carbocycles. The summed E-state index contributed by atoms with van der Waals surface area (Å²) in [5, 5.41) is 12.1. The maximum absolute atomic E-state index is 12.3. The molecule has 13 heteroatoms. The number of imidazole rings is 1. The molecule has 0 radical (unpaired) electrons. The molecule has 1 aliphatic rings. The molecule has 3 heterocycles. The first-order valence-electron chi connectivity index (χ1n) is 7.16. The summed E-state index contributed by atoms with van der Waals surface area (Å²) in [6, 6.07) is 1.81. The number of nitrogens with zero attached hydrogens (tertiary/aromatic N) is 2. The van der Waals surface area contributed by atoms with Gasteiger partial charge in [0.15, 0.2) is 5.54 Å². The Balaban J connectivity index is 1.84. The zero-order valence-corrected chi connectivity index (χ0v) is 15.0. The number of hydrogen-bond donors (Lipinski definition) is 4. The zero-order chi connectivity index (χ0) is 19.1. The molecule has 26 heavy (non-hydrogen) atoms. The van der Waals surface area contributed by atoms with Crippen molar-refractivity contribution < 1.29 is 22.8 Å². The van der Waals surface area contributed by atoms with Crippen LogP contribution in [0.3, 0.4) is 0 Å². The molecule has 0 bridgehead atoms. The van der Waals surface area contributed by atoms with Crippen molar-refractivity contribution in [1.82, 2.24) is 25.5 Å². The molecule has 5 N–H and O–H groups in total.